The second-order valence-electron chi connectivity index (χ2n) is 5.61. The summed E-state index contributed by atoms with van der Waals surface area (Å²) in [6.45, 7) is 6.20. The van der Waals surface area contributed by atoms with Crippen LogP contribution in [0, 0.1) is 5.41 Å². The van der Waals surface area contributed by atoms with Gasteiger partial charge in [0.05, 0.1) is 21.4 Å². The fourth-order valence-electron chi connectivity index (χ4n) is 1.96. The van der Waals surface area contributed by atoms with Gasteiger partial charge in [0, 0.05) is 13.1 Å². The lowest BCUT2D eigenvalue weighted by atomic mass is 9.93. The molecular formula is C13H21Cl2N3. The Labute approximate surface area is 119 Å². The molecule has 102 valence electrons. The average molecular weight is 290 g/mol. The van der Waals surface area contributed by atoms with Gasteiger partial charge < -0.3 is 16.0 Å². The molecule has 3 N–H and O–H groups in total. The summed E-state index contributed by atoms with van der Waals surface area (Å²) in [7, 11) is 4.13. The Balaban J connectivity index is 2.72. The van der Waals surface area contributed by atoms with Crippen LogP contribution in [0.1, 0.15) is 13.8 Å². The Kier molecular flexibility index (Phi) is 5.14. The number of nitrogen functional groups attached to an aromatic ring is 1. The van der Waals surface area contributed by atoms with Gasteiger partial charge in [-0.05, 0) is 31.6 Å². The molecule has 0 aliphatic carbocycles. The lowest BCUT2D eigenvalue weighted by Crippen LogP contribution is -2.34. The van der Waals surface area contributed by atoms with Crippen LogP contribution in [0.3, 0.4) is 0 Å². The summed E-state index contributed by atoms with van der Waals surface area (Å²) in [5, 5.41) is 4.32. The number of halogens is 2. The van der Waals surface area contributed by atoms with E-state index >= 15 is 0 Å². The molecule has 0 saturated heterocycles. The number of nitrogens with one attached hydrogen (secondary N) is 1. The van der Waals surface area contributed by atoms with Crippen LogP contribution in [0.15, 0.2) is 12.1 Å². The van der Waals surface area contributed by atoms with Gasteiger partial charge in [-0.15, -0.1) is 0 Å². The molecule has 0 aliphatic rings. The van der Waals surface area contributed by atoms with Crippen molar-refractivity contribution in [3.05, 3.63) is 22.2 Å². The molecule has 0 spiro atoms. The third-order valence-electron chi connectivity index (χ3n) is 2.59. The van der Waals surface area contributed by atoms with Crippen molar-refractivity contribution in [1.82, 2.24) is 4.90 Å². The first kappa shape index (κ1) is 15.4. The summed E-state index contributed by atoms with van der Waals surface area (Å²) in [4.78, 5) is 2.17. The molecule has 0 radical (unpaired) electrons. The molecule has 3 nitrogen and oxygen atoms in total. The fourth-order valence-corrected chi connectivity index (χ4v) is 2.30. The van der Waals surface area contributed by atoms with Crippen molar-refractivity contribution >= 4 is 34.6 Å². The highest BCUT2D eigenvalue weighted by Gasteiger charge is 2.19. The molecule has 0 fully saturated rings. The van der Waals surface area contributed by atoms with E-state index in [1.807, 2.05) is 0 Å². The lowest BCUT2D eigenvalue weighted by Gasteiger charge is -2.29. The van der Waals surface area contributed by atoms with E-state index in [-0.39, 0.29) is 5.41 Å². The van der Waals surface area contributed by atoms with Gasteiger partial charge in [0.1, 0.15) is 0 Å². The third-order valence-corrected chi connectivity index (χ3v) is 3.32. The predicted molar refractivity (Wildman–Crippen MR) is 81.7 cm³/mol. The fraction of sp³-hybridized carbons (Fsp3) is 0.538. The minimum absolute atomic E-state index is 0.141. The van der Waals surface area contributed by atoms with Gasteiger partial charge in [0.2, 0.25) is 0 Å². The van der Waals surface area contributed by atoms with Crippen LogP contribution in [0.4, 0.5) is 11.4 Å². The van der Waals surface area contributed by atoms with E-state index < -0.39 is 0 Å². The first-order chi connectivity index (χ1) is 8.21. The molecule has 0 aliphatic heterocycles. The number of nitrogens with zero attached hydrogens (tertiary/aromatic N) is 1. The Morgan fingerprint density at radius 1 is 1.22 bits per heavy atom. The van der Waals surface area contributed by atoms with Crippen molar-refractivity contribution in [1.29, 1.82) is 0 Å². The third kappa shape index (κ3) is 4.56. The highest BCUT2D eigenvalue weighted by Crippen LogP contribution is 2.31. The average Bonchev–Trinajstić information content (AvgIpc) is 2.19. The number of hydrogen-bond acceptors (Lipinski definition) is 3. The Morgan fingerprint density at radius 3 is 2.33 bits per heavy atom. The number of nitrogens with two attached hydrogens (primary N) is 1. The van der Waals surface area contributed by atoms with Gasteiger partial charge in [0.25, 0.3) is 0 Å². The molecular weight excluding hydrogens is 269 g/mol. The number of hydrogen-bond donors (Lipinski definition) is 2. The van der Waals surface area contributed by atoms with E-state index in [1.165, 1.54) is 0 Å². The second-order valence-corrected chi connectivity index (χ2v) is 6.42. The second kappa shape index (κ2) is 6.00. The van der Waals surface area contributed by atoms with Crippen LogP contribution < -0.4 is 11.1 Å². The maximum Gasteiger partial charge on any atom is 0.0614 e. The molecule has 0 atom stereocenters. The molecule has 18 heavy (non-hydrogen) atoms. The van der Waals surface area contributed by atoms with Gasteiger partial charge in [-0.3, -0.25) is 0 Å². The predicted octanol–water partition coefficient (Wildman–Crippen LogP) is 3.58. The minimum Gasteiger partial charge on any atom is -0.397 e. The maximum atomic E-state index is 5.98. The van der Waals surface area contributed by atoms with Crippen molar-refractivity contribution < 1.29 is 0 Å². The van der Waals surface area contributed by atoms with Crippen molar-refractivity contribution in [2.24, 2.45) is 5.41 Å². The summed E-state index contributed by atoms with van der Waals surface area (Å²) in [6.07, 6.45) is 0. The smallest absolute Gasteiger partial charge is 0.0614 e. The van der Waals surface area contributed by atoms with Crippen LogP contribution >= 0.6 is 23.2 Å². The molecule has 0 saturated carbocycles. The Hall–Kier alpha value is -0.640. The monoisotopic (exact) mass is 289 g/mol. The van der Waals surface area contributed by atoms with Gasteiger partial charge in [0.15, 0.2) is 0 Å². The van der Waals surface area contributed by atoms with Gasteiger partial charge in [-0.25, -0.2) is 0 Å². The topological polar surface area (TPSA) is 41.3 Å². The zero-order chi connectivity index (χ0) is 13.9. The van der Waals surface area contributed by atoms with Crippen LogP contribution in [-0.4, -0.2) is 32.1 Å². The summed E-state index contributed by atoms with van der Waals surface area (Å²) in [5.41, 5.74) is 7.49. The van der Waals surface area contributed by atoms with Gasteiger partial charge in [-0.1, -0.05) is 37.0 Å². The number of benzene rings is 1. The summed E-state index contributed by atoms with van der Waals surface area (Å²) in [5.74, 6) is 0. The van der Waals surface area contributed by atoms with Crippen LogP contribution in [-0.2, 0) is 0 Å². The minimum atomic E-state index is 0.141. The zero-order valence-electron chi connectivity index (χ0n) is 11.3. The number of rotatable bonds is 5. The van der Waals surface area contributed by atoms with Gasteiger partial charge in [-0.2, -0.15) is 0 Å². The van der Waals surface area contributed by atoms with Crippen molar-refractivity contribution in [3.63, 3.8) is 0 Å². The summed E-state index contributed by atoms with van der Waals surface area (Å²) in [6, 6.07) is 3.44. The van der Waals surface area contributed by atoms with E-state index in [0.717, 1.165) is 18.8 Å². The Morgan fingerprint density at radius 2 is 1.78 bits per heavy atom. The van der Waals surface area contributed by atoms with Crippen molar-refractivity contribution in [3.8, 4) is 0 Å². The van der Waals surface area contributed by atoms with E-state index in [9.17, 15) is 0 Å². The SMILES string of the molecule is CN(C)CC(C)(C)CNc1cc(Cl)c(Cl)cc1N. The summed E-state index contributed by atoms with van der Waals surface area (Å²) < 4.78 is 0. The first-order valence-electron chi connectivity index (χ1n) is 5.84. The molecule has 1 aromatic carbocycles. The maximum absolute atomic E-state index is 5.98. The number of anilines is 2. The standard InChI is InChI=1S/C13H21Cl2N3/c1-13(2,8-18(3)4)7-17-12-6-10(15)9(14)5-11(12)16/h5-6,17H,7-8,16H2,1-4H3. The van der Waals surface area contributed by atoms with Crippen molar-refractivity contribution in [2.45, 2.75) is 13.8 Å². The Bertz CT molecular complexity index is 417. The molecule has 0 unspecified atom stereocenters. The molecule has 1 aromatic rings. The van der Waals surface area contributed by atoms with Crippen LogP contribution in [0.5, 0.6) is 0 Å². The largest absolute Gasteiger partial charge is 0.397 e. The van der Waals surface area contributed by atoms with Gasteiger partial charge >= 0.3 is 0 Å². The lowest BCUT2D eigenvalue weighted by molar-refractivity contribution is 0.254. The molecule has 5 heteroatoms. The zero-order valence-corrected chi connectivity index (χ0v) is 12.9. The first-order valence-corrected chi connectivity index (χ1v) is 6.60. The van der Waals surface area contributed by atoms with E-state index in [4.69, 9.17) is 28.9 Å². The highest BCUT2D eigenvalue weighted by atomic mass is 35.5. The molecule has 0 amide bonds. The molecule has 0 aromatic heterocycles. The molecule has 0 bridgehead atoms. The van der Waals surface area contributed by atoms with Crippen molar-refractivity contribution in [2.75, 3.05) is 38.2 Å². The van der Waals surface area contributed by atoms with E-state index in [2.05, 4.69) is 38.2 Å². The molecule has 1 rings (SSSR count). The van der Waals surface area contributed by atoms with Crippen LogP contribution in [0.2, 0.25) is 10.0 Å². The molecule has 0 heterocycles. The summed E-state index contributed by atoms with van der Waals surface area (Å²) >= 11 is 11.9. The van der Waals surface area contributed by atoms with E-state index in [0.29, 0.717) is 15.7 Å². The highest BCUT2D eigenvalue weighted by molar-refractivity contribution is 6.42. The van der Waals surface area contributed by atoms with E-state index in [1.54, 1.807) is 12.1 Å². The quantitative estimate of drug-likeness (QED) is 0.814. The van der Waals surface area contributed by atoms with Crippen LogP contribution in [0.25, 0.3) is 0 Å². The normalized spacial score (nSPS) is 11.9.